The van der Waals surface area contributed by atoms with Gasteiger partial charge < -0.3 is 9.47 Å². The van der Waals surface area contributed by atoms with Crippen molar-refractivity contribution in [2.24, 2.45) is 20.8 Å². The number of hydrogen-bond donors (Lipinski definition) is 0. The van der Waals surface area contributed by atoms with Crippen molar-refractivity contribution in [1.82, 2.24) is 0 Å². The van der Waals surface area contributed by atoms with Crippen LogP contribution < -0.4 is 0 Å². The van der Waals surface area contributed by atoms with Crippen molar-refractivity contribution >= 4 is 40.2 Å². The molecule has 2 atom stereocenters. The van der Waals surface area contributed by atoms with Crippen LogP contribution in [0.4, 0.5) is 0 Å². The number of aliphatic imine (C=N–C) groups is 2. The first-order chi connectivity index (χ1) is 15.6. The van der Waals surface area contributed by atoms with E-state index in [4.69, 9.17) is 19.5 Å². The fraction of sp³-hybridized carbons (Fsp3) is 0.462. The SMILES string of the molecule is CC(C)(C)C1COC(c2ccccc2-c2ccccc2C2=NC(C(C)(C)C)CO2)=N1.[Br][Ni][Br]. The van der Waals surface area contributed by atoms with Crippen molar-refractivity contribution in [3.8, 4) is 11.1 Å². The van der Waals surface area contributed by atoms with Crippen LogP contribution in [-0.4, -0.2) is 37.1 Å². The Hall–Kier alpha value is -1.17. The topological polar surface area (TPSA) is 43.2 Å². The molecule has 33 heavy (non-hydrogen) atoms. The Kier molecular flexibility index (Phi) is 8.85. The molecule has 0 saturated carbocycles. The quantitative estimate of drug-likeness (QED) is 0.334. The number of hydrogen-bond acceptors (Lipinski definition) is 4. The van der Waals surface area contributed by atoms with Crippen LogP contribution in [0.15, 0.2) is 58.5 Å². The monoisotopic (exact) mass is 620 g/mol. The van der Waals surface area contributed by atoms with E-state index in [0.717, 1.165) is 34.0 Å². The average molecular weight is 623 g/mol. The van der Waals surface area contributed by atoms with Gasteiger partial charge in [0.05, 0.1) is 12.1 Å². The van der Waals surface area contributed by atoms with E-state index in [2.05, 4.69) is 106 Å². The van der Waals surface area contributed by atoms with Gasteiger partial charge in [0.2, 0.25) is 11.8 Å². The van der Waals surface area contributed by atoms with Gasteiger partial charge in [-0.25, -0.2) is 9.98 Å². The summed E-state index contributed by atoms with van der Waals surface area (Å²) < 4.78 is 12.1. The van der Waals surface area contributed by atoms with Crippen LogP contribution in [0.3, 0.4) is 0 Å². The number of halogens is 2. The molecule has 2 aromatic carbocycles. The number of ether oxygens (including phenoxy) is 2. The second-order valence-corrected chi connectivity index (χ2v) is 15.4. The van der Waals surface area contributed by atoms with Crippen LogP contribution in [0.2, 0.25) is 0 Å². The van der Waals surface area contributed by atoms with E-state index < -0.39 is 0 Å². The zero-order valence-electron chi connectivity index (χ0n) is 20.0. The molecule has 0 aromatic heterocycles. The van der Waals surface area contributed by atoms with Crippen molar-refractivity contribution in [3.05, 3.63) is 59.7 Å². The third kappa shape index (κ3) is 6.49. The Morgan fingerprint density at radius 3 is 1.24 bits per heavy atom. The van der Waals surface area contributed by atoms with Gasteiger partial charge in [-0.3, -0.25) is 0 Å². The normalized spacial score (nSPS) is 20.4. The van der Waals surface area contributed by atoms with Crippen molar-refractivity contribution in [2.75, 3.05) is 13.2 Å². The Balaban J connectivity index is 0.000000968. The molecule has 2 heterocycles. The van der Waals surface area contributed by atoms with Gasteiger partial charge in [0.1, 0.15) is 13.2 Å². The summed E-state index contributed by atoms with van der Waals surface area (Å²) in [5.74, 6) is 1.45. The van der Waals surface area contributed by atoms with Crippen molar-refractivity contribution in [1.29, 1.82) is 0 Å². The summed E-state index contributed by atoms with van der Waals surface area (Å²) in [6, 6.07) is 16.9. The van der Waals surface area contributed by atoms with Crippen LogP contribution >= 0.6 is 28.5 Å². The molecule has 0 fully saturated rings. The van der Waals surface area contributed by atoms with Crippen LogP contribution in [0.25, 0.3) is 11.1 Å². The molecule has 2 unspecified atom stereocenters. The Morgan fingerprint density at radius 1 is 0.667 bits per heavy atom. The third-order valence-electron chi connectivity index (χ3n) is 5.91. The Labute approximate surface area is 218 Å². The van der Waals surface area contributed by atoms with Gasteiger partial charge in [0.25, 0.3) is 0 Å². The van der Waals surface area contributed by atoms with Gasteiger partial charge in [0.15, 0.2) is 0 Å². The number of nitrogens with zero attached hydrogens (tertiary/aromatic N) is 2. The van der Waals surface area contributed by atoms with E-state index in [1.54, 1.807) is 0 Å². The predicted molar refractivity (Wildman–Crippen MR) is 141 cm³/mol. The molecule has 4 nitrogen and oxygen atoms in total. The summed E-state index contributed by atoms with van der Waals surface area (Å²) in [6.45, 7) is 14.5. The van der Waals surface area contributed by atoms with E-state index >= 15 is 0 Å². The molecule has 4 rings (SSSR count). The first-order valence-corrected chi connectivity index (χ1v) is 15.9. The van der Waals surface area contributed by atoms with Gasteiger partial charge in [0, 0.05) is 11.1 Å². The van der Waals surface area contributed by atoms with Crippen LogP contribution in [-0.2, 0) is 20.4 Å². The zero-order chi connectivity index (χ0) is 24.2. The summed E-state index contributed by atoms with van der Waals surface area (Å²) in [7, 11) is 1.25. The minimum absolute atomic E-state index is 0.0724. The van der Waals surface area contributed by atoms with Crippen LogP contribution in [0.5, 0.6) is 0 Å². The molecule has 0 saturated heterocycles. The van der Waals surface area contributed by atoms with E-state index in [1.807, 2.05) is 12.1 Å². The Morgan fingerprint density at radius 2 is 0.970 bits per heavy atom. The zero-order valence-corrected chi connectivity index (χ0v) is 24.1. The number of benzene rings is 2. The second-order valence-electron chi connectivity index (χ2n) is 10.4. The fourth-order valence-corrected chi connectivity index (χ4v) is 3.74. The van der Waals surface area contributed by atoms with Crippen molar-refractivity contribution in [3.63, 3.8) is 0 Å². The second kappa shape index (κ2) is 11.1. The van der Waals surface area contributed by atoms with Gasteiger partial charge in [-0.1, -0.05) is 77.9 Å². The minimum atomic E-state index is 0.0724. The van der Waals surface area contributed by atoms with Crippen LogP contribution in [0, 0.1) is 10.8 Å². The van der Waals surface area contributed by atoms with E-state index in [9.17, 15) is 0 Å². The maximum absolute atomic E-state index is 6.06. The molecule has 0 N–H and O–H groups in total. The molecule has 182 valence electrons. The first-order valence-electron chi connectivity index (χ1n) is 11.0. The fourth-order valence-electron chi connectivity index (χ4n) is 3.74. The molecule has 0 radical (unpaired) electrons. The van der Waals surface area contributed by atoms with E-state index in [0.29, 0.717) is 13.2 Å². The molecule has 2 aliphatic heterocycles. The molecule has 0 bridgehead atoms. The van der Waals surface area contributed by atoms with E-state index in [1.165, 1.54) is 10.9 Å². The van der Waals surface area contributed by atoms with Crippen molar-refractivity contribution < 1.29 is 20.4 Å². The molecule has 7 heteroatoms. The predicted octanol–water partition coefficient (Wildman–Crippen LogP) is 7.43. The summed E-state index contributed by atoms with van der Waals surface area (Å²) in [5, 5.41) is 0. The maximum atomic E-state index is 6.06. The standard InChI is InChI=1S/C26H32N2O2.2BrH.Ni/c1-25(2,3)21-15-29-23(27-21)19-13-9-7-11-17(19)18-12-8-10-14-20(18)24-28-22(16-30-24)26(4,5)6;;;/h7-14,21-22H,15-16H2,1-6H3;2*1H;/q;;;+2/p-2. The van der Waals surface area contributed by atoms with Gasteiger partial charge in [-0.2, -0.15) is 0 Å². The van der Waals surface area contributed by atoms with Crippen molar-refractivity contribution in [2.45, 2.75) is 53.6 Å². The Bertz CT molecular complexity index is 944. The van der Waals surface area contributed by atoms with Crippen LogP contribution in [0.1, 0.15) is 52.7 Å². The molecule has 0 spiro atoms. The average Bonchev–Trinajstić information content (AvgIpc) is 3.44. The summed E-state index contributed by atoms with van der Waals surface area (Å²) in [5.41, 5.74) is 4.36. The molecule has 0 aliphatic carbocycles. The number of rotatable bonds is 3. The molecule has 0 amide bonds. The molecule has 2 aliphatic rings. The molecular weight excluding hydrogens is 591 g/mol. The first kappa shape index (κ1) is 26.4. The third-order valence-corrected chi connectivity index (χ3v) is 5.91. The summed E-state index contributed by atoms with van der Waals surface area (Å²) >= 11 is 6.00. The van der Waals surface area contributed by atoms with Gasteiger partial charge in [-0.15, -0.1) is 0 Å². The molecule has 2 aromatic rings. The van der Waals surface area contributed by atoms with E-state index in [-0.39, 0.29) is 22.9 Å². The summed E-state index contributed by atoms with van der Waals surface area (Å²) in [4.78, 5) is 9.84. The van der Waals surface area contributed by atoms with Gasteiger partial charge in [-0.05, 0) is 34.1 Å². The summed E-state index contributed by atoms with van der Waals surface area (Å²) in [6.07, 6.45) is 0. The van der Waals surface area contributed by atoms with Gasteiger partial charge >= 0.3 is 39.3 Å². The molecular formula is C26H32Br2N2NiO2.